The molecule has 0 radical (unpaired) electrons. The minimum atomic E-state index is -0.335. The van der Waals surface area contributed by atoms with Gasteiger partial charge in [-0.05, 0) is 54.8 Å². The normalized spacial score (nSPS) is 14.3. The van der Waals surface area contributed by atoms with E-state index < -0.39 is 0 Å². The van der Waals surface area contributed by atoms with Gasteiger partial charge in [-0.15, -0.1) is 0 Å². The predicted molar refractivity (Wildman–Crippen MR) is 120 cm³/mol. The number of benzene rings is 2. The Morgan fingerprint density at radius 3 is 2.85 bits per heavy atom. The summed E-state index contributed by atoms with van der Waals surface area (Å²) in [6.07, 6.45) is 5.16. The van der Waals surface area contributed by atoms with Crippen LogP contribution in [0.4, 0.5) is 4.39 Å². The van der Waals surface area contributed by atoms with Crippen LogP contribution >= 0.6 is 0 Å². The molecule has 0 unspecified atom stereocenters. The molecule has 1 amide bonds. The summed E-state index contributed by atoms with van der Waals surface area (Å²) in [4.78, 5) is 22.1. The van der Waals surface area contributed by atoms with E-state index in [0.717, 1.165) is 24.1 Å². The lowest BCUT2D eigenvalue weighted by Gasteiger charge is -2.10. The minimum Gasteiger partial charge on any atom is -0.454 e. The van der Waals surface area contributed by atoms with E-state index in [4.69, 9.17) is 14.5 Å². The first-order chi connectivity index (χ1) is 16.7. The Morgan fingerprint density at radius 2 is 2.00 bits per heavy atom. The zero-order chi connectivity index (χ0) is 23.1. The minimum absolute atomic E-state index is 0.204. The molecular formula is C25H20FN5O3. The summed E-state index contributed by atoms with van der Waals surface area (Å²) in [5, 5.41) is 7.32. The van der Waals surface area contributed by atoms with Gasteiger partial charge in [0, 0.05) is 24.2 Å². The monoisotopic (exact) mass is 457 g/mol. The van der Waals surface area contributed by atoms with Crippen molar-refractivity contribution in [3.63, 3.8) is 0 Å². The average molecular weight is 457 g/mol. The van der Waals surface area contributed by atoms with Crippen LogP contribution in [0.15, 0.2) is 60.9 Å². The molecule has 34 heavy (non-hydrogen) atoms. The molecule has 1 aliphatic carbocycles. The maximum absolute atomic E-state index is 13.5. The SMILES string of the molecule is O=C(NCc1cccc(F)c1)c1cnn(-c2nccc(-c3ccc4c(c3)OCO4)n2)c1C1CC1. The fraction of sp³-hybridized carbons (Fsp3) is 0.200. The summed E-state index contributed by atoms with van der Waals surface area (Å²) in [5.74, 6) is 1.39. The lowest BCUT2D eigenvalue weighted by atomic mass is 10.1. The number of nitrogens with one attached hydrogen (secondary N) is 1. The molecule has 1 aliphatic heterocycles. The Bertz CT molecular complexity index is 1400. The molecule has 0 atom stereocenters. The molecule has 3 heterocycles. The number of amides is 1. The zero-order valence-electron chi connectivity index (χ0n) is 18.1. The predicted octanol–water partition coefficient (Wildman–Crippen LogP) is 4.00. The van der Waals surface area contributed by atoms with E-state index in [1.807, 2.05) is 24.3 Å². The molecule has 9 heteroatoms. The average Bonchev–Trinajstić information content (AvgIpc) is 3.41. The Morgan fingerprint density at radius 1 is 1.12 bits per heavy atom. The van der Waals surface area contributed by atoms with E-state index >= 15 is 0 Å². The van der Waals surface area contributed by atoms with Crippen molar-refractivity contribution in [3.05, 3.63) is 83.6 Å². The van der Waals surface area contributed by atoms with Crippen molar-refractivity contribution in [2.75, 3.05) is 6.79 Å². The smallest absolute Gasteiger partial charge is 0.255 e. The first kappa shape index (κ1) is 20.3. The number of ether oxygens (including phenoxy) is 2. The van der Waals surface area contributed by atoms with E-state index in [-0.39, 0.29) is 31.0 Å². The van der Waals surface area contributed by atoms with Crippen molar-refractivity contribution >= 4 is 5.91 Å². The second-order valence-electron chi connectivity index (χ2n) is 8.25. The molecular weight excluding hydrogens is 437 g/mol. The van der Waals surface area contributed by atoms with Gasteiger partial charge >= 0.3 is 0 Å². The maximum atomic E-state index is 13.5. The van der Waals surface area contributed by atoms with Crippen molar-refractivity contribution in [1.29, 1.82) is 0 Å². The van der Waals surface area contributed by atoms with Crippen LogP contribution in [0.25, 0.3) is 17.2 Å². The lowest BCUT2D eigenvalue weighted by Crippen LogP contribution is -2.24. The Hall–Kier alpha value is -4.27. The Kier molecular flexibility index (Phi) is 4.94. The first-order valence-corrected chi connectivity index (χ1v) is 11.0. The standard InChI is InChI=1S/C25H20FN5O3/c26-18-3-1-2-15(10-18)12-28-24(32)19-13-29-31(23(19)16-4-5-16)25-27-9-8-20(30-25)17-6-7-21-22(11-17)34-14-33-21/h1-3,6-11,13,16H,4-5,12,14H2,(H,28,32). The first-order valence-electron chi connectivity index (χ1n) is 11.0. The summed E-state index contributed by atoms with van der Waals surface area (Å²) >= 11 is 0. The third-order valence-corrected chi connectivity index (χ3v) is 5.86. The molecule has 1 fully saturated rings. The number of hydrogen-bond donors (Lipinski definition) is 1. The van der Waals surface area contributed by atoms with Crippen LogP contribution in [-0.4, -0.2) is 32.4 Å². The summed E-state index contributed by atoms with van der Waals surface area (Å²) in [5.41, 5.74) is 3.53. The van der Waals surface area contributed by atoms with Gasteiger partial charge in [-0.2, -0.15) is 5.10 Å². The fourth-order valence-electron chi connectivity index (χ4n) is 4.03. The van der Waals surface area contributed by atoms with Gasteiger partial charge in [-0.3, -0.25) is 4.79 Å². The number of nitrogens with zero attached hydrogens (tertiary/aromatic N) is 4. The van der Waals surface area contributed by atoms with Gasteiger partial charge in [-0.25, -0.2) is 19.0 Å². The Labute approximate surface area is 194 Å². The van der Waals surface area contributed by atoms with E-state index in [1.165, 1.54) is 12.1 Å². The van der Waals surface area contributed by atoms with E-state index in [0.29, 0.717) is 34.3 Å². The summed E-state index contributed by atoms with van der Waals surface area (Å²) < 4.78 is 26.0. The van der Waals surface area contributed by atoms with Crippen LogP contribution in [0, 0.1) is 5.82 Å². The second kappa shape index (κ2) is 8.26. The molecule has 1 N–H and O–H groups in total. The molecule has 8 nitrogen and oxygen atoms in total. The maximum Gasteiger partial charge on any atom is 0.255 e. The van der Waals surface area contributed by atoms with Crippen LogP contribution < -0.4 is 14.8 Å². The summed E-state index contributed by atoms with van der Waals surface area (Å²) in [6.45, 7) is 0.428. The number of aromatic nitrogens is 4. The number of rotatable bonds is 6. The van der Waals surface area contributed by atoms with Crippen LogP contribution in [0.5, 0.6) is 11.5 Å². The molecule has 6 rings (SSSR count). The fourth-order valence-corrected chi connectivity index (χ4v) is 4.03. The van der Waals surface area contributed by atoms with Gasteiger partial charge < -0.3 is 14.8 Å². The molecule has 4 aromatic rings. The van der Waals surface area contributed by atoms with Crippen LogP contribution in [-0.2, 0) is 6.54 Å². The molecule has 2 aliphatic rings. The van der Waals surface area contributed by atoms with Crippen molar-refractivity contribution in [3.8, 4) is 28.7 Å². The molecule has 0 spiro atoms. The van der Waals surface area contributed by atoms with Crippen LogP contribution in [0.1, 0.15) is 40.4 Å². The number of hydrogen-bond acceptors (Lipinski definition) is 6. The largest absolute Gasteiger partial charge is 0.454 e. The van der Waals surface area contributed by atoms with E-state index in [2.05, 4.69) is 15.4 Å². The molecule has 1 saturated carbocycles. The number of carbonyl (C=O) groups is 1. The second-order valence-corrected chi connectivity index (χ2v) is 8.25. The summed E-state index contributed by atoms with van der Waals surface area (Å²) in [6, 6.07) is 13.6. The van der Waals surface area contributed by atoms with Gasteiger partial charge in [0.05, 0.1) is 23.1 Å². The molecule has 0 bridgehead atoms. The molecule has 2 aromatic heterocycles. The van der Waals surface area contributed by atoms with Crippen molar-refractivity contribution in [1.82, 2.24) is 25.1 Å². The van der Waals surface area contributed by atoms with Gasteiger partial charge in [0.25, 0.3) is 11.9 Å². The highest BCUT2D eigenvalue weighted by atomic mass is 19.1. The van der Waals surface area contributed by atoms with E-state index in [1.54, 1.807) is 29.2 Å². The topological polar surface area (TPSA) is 91.2 Å². The van der Waals surface area contributed by atoms with E-state index in [9.17, 15) is 9.18 Å². The molecule has 170 valence electrons. The zero-order valence-corrected chi connectivity index (χ0v) is 18.1. The third-order valence-electron chi connectivity index (χ3n) is 5.86. The summed E-state index contributed by atoms with van der Waals surface area (Å²) in [7, 11) is 0. The number of carbonyl (C=O) groups excluding carboxylic acids is 1. The highest BCUT2D eigenvalue weighted by Crippen LogP contribution is 2.42. The highest BCUT2D eigenvalue weighted by Gasteiger charge is 2.33. The lowest BCUT2D eigenvalue weighted by molar-refractivity contribution is 0.0949. The quantitative estimate of drug-likeness (QED) is 0.471. The Balaban J connectivity index is 1.29. The third kappa shape index (κ3) is 3.85. The molecule has 2 aromatic carbocycles. The van der Waals surface area contributed by atoms with Crippen LogP contribution in [0.3, 0.4) is 0 Å². The highest BCUT2D eigenvalue weighted by molar-refractivity contribution is 5.95. The van der Waals surface area contributed by atoms with Crippen molar-refractivity contribution < 1.29 is 18.7 Å². The van der Waals surface area contributed by atoms with Crippen molar-refractivity contribution in [2.24, 2.45) is 0 Å². The van der Waals surface area contributed by atoms with Gasteiger partial charge in [0.2, 0.25) is 6.79 Å². The van der Waals surface area contributed by atoms with Gasteiger partial charge in [0.1, 0.15) is 5.82 Å². The number of fused-ring (bicyclic) bond motifs is 1. The van der Waals surface area contributed by atoms with Gasteiger partial charge in [0.15, 0.2) is 11.5 Å². The number of halogens is 1. The van der Waals surface area contributed by atoms with Gasteiger partial charge in [-0.1, -0.05) is 12.1 Å². The van der Waals surface area contributed by atoms with Crippen molar-refractivity contribution in [2.45, 2.75) is 25.3 Å². The molecule has 0 saturated heterocycles. The van der Waals surface area contributed by atoms with Crippen LogP contribution in [0.2, 0.25) is 0 Å².